The Hall–Kier alpha value is -0.410. The summed E-state index contributed by atoms with van der Waals surface area (Å²) < 4.78 is 11.5. The third kappa shape index (κ3) is 1.40. The summed E-state index contributed by atoms with van der Waals surface area (Å²) in [5.74, 6) is 1.40. The van der Waals surface area contributed by atoms with Crippen molar-refractivity contribution in [3.05, 3.63) is 21.1 Å². The van der Waals surface area contributed by atoms with Gasteiger partial charge in [0.15, 0.2) is 0 Å². The van der Waals surface area contributed by atoms with Gasteiger partial charge in [0.25, 0.3) is 0 Å². The third-order valence-corrected chi connectivity index (χ3v) is 3.12. The number of benzene rings is 1. The van der Waals surface area contributed by atoms with Gasteiger partial charge in [0.2, 0.25) is 0 Å². The highest BCUT2D eigenvalue weighted by atomic mass is 79.9. The zero-order valence-corrected chi connectivity index (χ0v) is 9.41. The van der Waals surface area contributed by atoms with Crippen molar-refractivity contribution in [3.63, 3.8) is 0 Å². The monoisotopic (exact) mass is 262 g/mol. The number of rotatable bonds is 1. The number of fused-ring (bicyclic) bond motifs is 1. The molecule has 0 atom stereocenters. The maximum Gasteiger partial charge on any atom is 0.146 e. The zero-order chi connectivity index (χ0) is 9.42. The summed E-state index contributed by atoms with van der Waals surface area (Å²) in [5.41, 5.74) is 1.13. The molecule has 0 fully saturated rings. The van der Waals surface area contributed by atoms with Crippen molar-refractivity contribution in [1.82, 2.24) is 0 Å². The number of ether oxygens (including phenoxy) is 2. The average molecular weight is 264 g/mol. The van der Waals surface area contributed by atoms with Crippen LogP contribution in [-0.4, -0.2) is 13.7 Å². The highest BCUT2D eigenvalue weighted by molar-refractivity contribution is 9.10. The fraction of sp³-hybridized carbons (Fsp3) is 0.333. The zero-order valence-electron chi connectivity index (χ0n) is 7.06. The molecule has 0 N–H and O–H groups in total. The predicted molar refractivity (Wildman–Crippen MR) is 54.9 cm³/mol. The van der Waals surface area contributed by atoms with Gasteiger partial charge in [-0.3, -0.25) is 0 Å². The minimum atomic E-state index is 0.568. The quantitative estimate of drug-likeness (QED) is 0.775. The summed E-state index contributed by atoms with van der Waals surface area (Å²) >= 11 is 9.51. The van der Waals surface area contributed by atoms with Gasteiger partial charge in [0.1, 0.15) is 16.5 Å². The van der Waals surface area contributed by atoms with Gasteiger partial charge in [-0.2, -0.15) is 0 Å². The van der Waals surface area contributed by atoms with Crippen molar-refractivity contribution in [2.75, 3.05) is 13.7 Å². The highest BCUT2D eigenvalue weighted by Crippen LogP contribution is 2.43. The lowest BCUT2D eigenvalue weighted by molar-refractivity contribution is 0.353. The summed E-state index contributed by atoms with van der Waals surface area (Å²) in [4.78, 5) is 0. The molecular formula is C9H8BrClO2. The number of hydrogen-bond donors (Lipinski definition) is 0. The van der Waals surface area contributed by atoms with E-state index in [4.69, 9.17) is 21.1 Å². The molecule has 2 nitrogen and oxygen atoms in total. The maximum atomic E-state index is 6.06. The van der Waals surface area contributed by atoms with E-state index in [0.717, 1.165) is 22.2 Å². The first-order chi connectivity index (χ1) is 6.24. The van der Waals surface area contributed by atoms with Crippen LogP contribution in [0.25, 0.3) is 0 Å². The Morgan fingerprint density at radius 1 is 1.62 bits per heavy atom. The van der Waals surface area contributed by atoms with E-state index < -0.39 is 0 Å². The van der Waals surface area contributed by atoms with Crippen LogP contribution >= 0.6 is 27.5 Å². The van der Waals surface area contributed by atoms with E-state index in [2.05, 4.69) is 15.9 Å². The standard InChI is InChI=1S/C9H8BrClO2/c1-12-7-4-6(10)5-2-3-13-9(5)8(7)11/h4H,2-3H2,1H3. The lowest BCUT2D eigenvalue weighted by Crippen LogP contribution is -1.89. The summed E-state index contributed by atoms with van der Waals surface area (Å²) in [7, 11) is 1.59. The maximum absolute atomic E-state index is 6.06. The highest BCUT2D eigenvalue weighted by Gasteiger charge is 2.21. The molecule has 1 heterocycles. The van der Waals surface area contributed by atoms with E-state index in [1.807, 2.05) is 6.07 Å². The van der Waals surface area contributed by atoms with Crippen molar-refractivity contribution < 1.29 is 9.47 Å². The van der Waals surface area contributed by atoms with Crippen LogP contribution in [0, 0.1) is 0 Å². The normalized spacial score (nSPS) is 13.8. The minimum Gasteiger partial charge on any atom is -0.495 e. The van der Waals surface area contributed by atoms with Crippen LogP contribution in [0.4, 0.5) is 0 Å². The summed E-state index contributed by atoms with van der Waals surface area (Å²) in [6, 6.07) is 1.87. The first-order valence-electron chi connectivity index (χ1n) is 3.91. The Morgan fingerprint density at radius 3 is 3.08 bits per heavy atom. The van der Waals surface area contributed by atoms with Gasteiger partial charge >= 0.3 is 0 Å². The summed E-state index contributed by atoms with van der Waals surface area (Å²) in [6.07, 6.45) is 0.902. The Balaban J connectivity index is 2.62. The van der Waals surface area contributed by atoms with Crippen LogP contribution in [-0.2, 0) is 6.42 Å². The van der Waals surface area contributed by atoms with Gasteiger partial charge in [-0.05, 0) is 6.07 Å². The molecule has 0 radical (unpaired) electrons. The molecule has 0 aliphatic carbocycles. The lowest BCUT2D eigenvalue weighted by atomic mass is 10.1. The van der Waals surface area contributed by atoms with Crippen LogP contribution < -0.4 is 9.47 Å². The van der Waals surface area contributed by atoms with Crippen LogP contribution in [0.2, 0.25) is 5.02 Å². The van der Waals surface area contributed by atoms with Crippen molar-refractivity contribution in [2.24, 2.45) is 0 Å². The number of methoxy groups -OCH3 is 1. The van der Waals surface area contributed by atoms with Crippen molar-refractivity contribution >= 4 is 27.5 Å². The molecule has 1 aromatic carbocycles. The molecular weight excluding hydrogens is 255 g/mol. The van der Waals surface area contributed by atoms with Gasteiger partial charge in [-0.25, -0.2) is 0 Å². The molecule has 0 spiro atoms. The number of hydrogen-bond acceptors (Lipinski definition) is 2. The molecule has 1 aliphatic rings. The fourth-order valence-electron chi connectivity index (χ4n) is 1.41. The topological polar surface area (TPSA) is 18.5 Å². The van der Waals surface area contributed by atoms with Gasteiger partial charge in [-0.1, -0.05) is 27.5 Å². The van der Waals surface area contributed by atoms with Crippen LogP contribution in [0.3, 0.4) is 0 Å². The van der Waals surface area contributed by atoms with Crippen LogP contribution in [0.1, 0.15) is 5.56 Å². The van der Waals surface area contributed by atoms with Crippen molar-refractivity contribution in [1.29, 1.82) is 0 Å². The Morgan fingerprint density at radius 2 is 2.38 bits per heavy atom. The first-order valence-corrected chi connectivity index (χ1v) is 5.09. The van der Waals surface area contributed by atoms with Crippen molar-refractivity contribution in [3.8, 4) is 11.5 Å². The van der Waals surface area contributed by atoms with Gasteiger partial charge in [0, 0.05) is 16.5 Å². The number of halogens is 2. The van der Waals surface area contributed by atoms with Crippen LogP contribution in [0.5, 0.6) is 11.5 Å². The molecule has 13 heavy (non-hydrogen) atoms. The van der Waals surface area contributed by atoms with Crippen molar-refractivity contribution in [2.45, 2.75) is 6.42 Å². The third-order valence-electron chi connectivity index (χ3n) is 2.05. The molecule has 70 valence electrons. The SMILES string of the molecule is COc1cc(Br)c2c(c1Cl)OCC2. The molecule has 2 rings (SSSR count). The van der Waals surface area contributed by atoms with E-state index in [-0.39, 0.29) is 0 Å². The Kier molecular flexibility index (Phi) is 2.39. The van der Waals surface area contributed by atoms with E-state index in [1.165, 1.54) is 0 Å². The van der Waals surface area contributed by atoms with Gasteiger partial charge in [0.05, 0.1) is 13.7 Å². The molecule has 0 bridgehead atoms. The molecule has 0 amide bonds. The minimum absolute atomic E-state index is 0.568. The Bertz CT molecular complexity index is 352. The largest absolute Gasteiger partial charge is 0.495 e. The van der Waals surface area contributed by atoms with Crippen LogP contribution in [0.15, 0.2) is 10.5 Å². The predicted octanol–water partition coefficient (Wildman–Crippen LogP) is 3.05. The smallest absolute Gasteiger partial charge is 0.146 e. The molecule has 0 unspecified atom stereocenters. The second-order valence-electron chi connectivity index (χ2n) is 2.78. The van der Waals surface area contributed by atoms with E-state index in [9.17, 15) is 0 Å². The molecule has 0 saturated heterocycles. The average Bonchev–Trinajstić information content (AvgIpc) is 2.60. The molecule has 0 saturated carbocycles. The molecule has 1 aromatic rings. The molecule has 4 heteroatoms. The second-order valence-corrected chi connectivity index (χ2v) is 4.01. The van der Waals surface area contributed by atoms with E-state index >= 15 is 0 Å². The lowest BCUT2D eigenvalue weighted by Gasteiger charge is -2.08. The van der Waals surface area contributed by atoms with Gasteiger partial charge < -0.3 is 9.47 Å². The summed E-state index contributed by atoms with van der Waals surface area (Å²) in [6.45, 7) is 0.695. The molecule has 1 aliphatic heterocycles. The second kappa shape index (κ2) is 3.39. The first kappa shape index (κ1) is 9.16. The van der Waals surface area contributed by atoms with E-state index in [0.29, 0.717) is 17.4 Å². The van der Waals surface area contributed by atoms with Gasteiger partial charge in [-0.15, -0.1) is 0 Å². The Labute approximate surface area is 89.9 Å². The van der Waals surface area contributed by atoms with E-state index in [1.54, 1.807) is 7.11 Å². The summed E-state index contributed by atoms with van der Waals surface area (Å²) in [5, 5.41) is 0.568. The molecule has 0 aromatic heterocycles. The fourth-order valence-corrected chi connectivity index (χ4v) is 2.29.